The molecule has 0 fully saturated rings. The predicted molar refractivity (Wildman–Crippen MR) is 112 cm³/mol. The smallest absolute Gasteiger partial charge is 0.237 e. The van der Waals surface area contributed by atoms with Gasteiger partial charge in [0.1, 0.15) is 11.5 Å². The number of carbonyl (C=O) groups is 1. The average Bonchev–Trinajstić information content (AvgIpc) is 2.70. The Hall–Kier alpha value is -2.92. The van der Waals surface area contributed by atoms with E-state index in [1.807, 2.05) is 85.8 Å². The number of ether oxygens (including phenoxy) is 1. The minimum absolute atomic E-state index is 0.0175. The molecule has 4 nitrogen and oxygen atoms in total. The van der Waals surface area contributed by atoms with E-state index < -0.39 is 0 Å². The topological polar surface area (TPSA) is 64.4 Å². The number of hydrogen-bond donors (Lipinski definition) is 2. The Labute approximate surface area is 163 Å². The molecular formula is C22H22N2O2S. The van der Waals surface area contributed by atoms with E-state index in [0.717, 1.165) is 34.2 Å². The van der Waals surface area contributed by atoms with Crippen LogP contribution in [0, 0.1) is 0 Å². The van der Waals surface area contributed by atoms with Gasteiger partial charge in [-0.05, 0) is 67.1 Å². The summed E-state index contributed by atoms with van der Waals surface area (Å²) in [5.74, 6) is 1.48. The molecule has 0 saturated carbocycles. The summed E-state index contributed by atoms with van der Waals surface area (Å²) in [5, 5.41) is 2.80. The van der Waals surface area contributed by atoms with Crippen molar-refractivity contribution in [1.82, 2.24) is 0 Å². The Morgan fingerprint density at radius 3 is 2.22 bits per heavy atom. The number of amides is 1. The van der Waals surface area contributed by atoms with Crippen molar-refractivity contribution >= 4 is 29.0 Å². The first-order valence-corrected chi connectivity index (χ1v) is 9.68. The fourth-order valence-electron chi connectivity index (χ4n) is 2.49. The molecule has 0 saturated heterocycles. The van der Waals surface area contributed by atoms with Crippen molar-refractivity contribution < 1.29 is 9.53 Å². The van der Waals surface area contributed by atoms with Crippen molar-refractivity contribution in [2.75, 3.05) is 11.1 Å². The summed E-state index contributed by atoms with van der Waals surface area (Å²) in [6.45, 7) is 2.01. The minimum Gasteiger partial charge on any atom is -0.457 e. The van der Waals surface area contributed by atoms with Crippen LogP contribution in [0.1, 0.15) is 13.3 Å². The normalized spacial score (nSPS) is 11.6. The SMILES string of the molecule is CCC(Sc1ccc(N)cc1)C(=O)Nc1ccc(Oc2ccccc2)cc1. The van der Waals surface area contributed by atoms with Crippen LogP contribution in [0.25, 0.3) is 0 Å². The molecule has 0 bridgehead atoms. The van der Waals surface area contributed by atoms with Crippen molar-refractivity contribution in [2.24, 2.45) is 0 Å². The Bertz CT molecular complexity index is 865. The number of carbonyl (C=O) groups excluding carboxylic acids is 1. The van der Waals surface area contributed by atoms with E-state index in [2.05, 4.69) is 5.32 Å². The van der Waals surface area contributed by atoms with Gasteiger partial charge in [0.15, 0.2) is 0 Å². The number of nitrogens with one attached hydrogen (secondary N) is 1. The van der Waals surface area contributed by atoms with Crippen molar-refractivity contribution in [3.63, 3.8) is 0 Å². The number of para-hydroxylation sites is 1. The summed E-state index contributed by atoms with van der Waals surface area (Å²) >= 11 is 1.54. The first-order valence-electron chi connectivity index (χ1n) is 8.80. The van der Waals surface area contributed by atoms with Gasteiger partial charge in [-0.15, -0.1) is 11.8 Å². The van der Waals surface area contributed by atoms with E-state index in [-0.39, 0.29) is 11.2 Å². The maximum absolute atomic E-state index is 12.6. The lowest BCUT2D eigenvalue weighted by atomic mass is 10.2. The lowest BCUT2D eigenvalue weighted by Gasteiger charge is -2.15. The highest BCUT2D eigenvalue weighted by Crippen LogP contribution is 2.28. The molecule has 0 spiro atoms. The van der Waals surface area contributed by atoms with Crippen molar-refractivity contribution in [2.45, 2.75) is 23.5 Å². The number of nitrogen functional groups attached to an aromatic ring is 1. The van der Waals surface area contributed by atoms with Crippen LogP contribution in [0.2, 0.25) is 0 Å². The van der Waals surface area contributed by atoms with Crippen LogP contribution in [-0.2, 0) is 4.79 Å². The first-order chi connectivity index (χ1) is 13.1. The first kappa shape index (κ1) is 18.9. The highest BCUT2D eigenvalue weighted by Gasteiger charge is 2.18. The quantitative estimate of drug-likeness (QED) is 0.417. The summed E-state index contributed by atoms with van der Waals surface area (Å²) < 4.78 is 5.77. The van der Waals surface area contributed by atoms with E-state index in [0.29, 0.717) is 0 Å². The number of nitrogens with two attached hydrogens (primary N) is 1. The third kappa shape index (κ3) is 5.53. The second-order valence-corrected chi connectivity index (χ2v) is 7.29. The van der Waals surface area contributed by atoms with Crippen LogP contribution in [-0.4, -0.2) is 11.2 Å². The molecule has 3 rings (SSSR count). The Morgan fingerprint density at radius 1 is 0.963 bits per heavy atom. The molecule has 1 atom stereocenters. The van der Waals surface area contributed by atoms with Crippen LogP contribution in [0.15, 0.2) is 83.8 Å². The molecule has 0 heterocycles. The van der Waals surface area contributed by atoms with Gasteiger partial charge in [-0.1, -0.05) is 25.1 Å². The molecule has 0 radical (unpaired) electrons. The molecular weight excluding hydrogens is 356 g/mol. The van der Waals surface area contributed by atoms with Crippen molar-refractivity contribution in [3.8, 4) is 11.5 Å². The van der Waals surface area contributed by atoms with Gasteiger partial charge in [-0.2, -0.15) is 0 Å². The zero-order valence-corrected chi connectivity index (χ0v) is 15.9. The Balaban J connectivity index is 1.59. The molecule has 0 aromatic heterocycles. The van der Waals surface area contributed by atoms with Gasteiger partial charge in [0.05, 0.1) is 5.25 Å². The van der Waals surface area contributed by atoms with E-state index in [4.69, 9.17) is 10.5 Å². The molecule has 1 unspecified atom stereocenters. The molecule has 138 valence electrons. The van der Waals surface area contributed by atoms with Gasteiger partial charge in [-0.25, -0.2) is 0 Å². The largest absolute Gasteiger partial charge is 0.457 e. The van der Waals surface area contributed by atoms with Crippen LogP contribution < -0.4 is 15.8 Å². The van der Waals surface area contributed by atoms with Crippen molar-refractivity contribution in [1.29, 1.82) is 0 Å². The van der Waals surface area contributed by atoms with Gasteiger partial charge in [0.2, 0.25) is 5.91 Å². The fourth-order valence-corrected chi connectivity index (χ4v) is 3.44. The van der Waals surface area contributed by atoms with Crippen LogP contribution in [0.4, 0.5) is 11.4 Å². The molecule has 3 N–H and O–H groups in total. The van der Waals surface area contributed by atoms with Gasteiger partial charge in [0.25, 0.3) is 0 Å². The summed E-state index contributed by atoms with van der Waals surface area (Å²) in [6, 6.07) is 24.5. The molecule has 0 aliphatic heterocycles. The average molecular weight is 378 g/mol. The third-order valence-electron chi connectivity index (χ3n) is 3.92. The fraction of sp³-hybridized carbons (Fsp3) is 0.136. The zero-order valence-electron chi connectivity index (χ0n) is 15.1. The number of hydrogen-bond acceptors (Lipinski definition) is 4. The summed E-state index contributed by atoms with van der Waals surface area (Å²) in [5.41, 5.74) is 7.18. The van der Waals surface area contributed by atoms with E-state index in [1.165, 1.54) is 11.8 Å². The number of anilines is 2. The maximum atomic E-state index is 12.6. The molecule has 27 heavy (non-hydrogen) atoms. The predicted octanol–water partition coefficient (Wildman–Crippen LogP) is 5.57. The Kier molecular flexibility index (Phi) is 6.39. The van der Waals surface area contributed by atoms with Gasteiger partial charge >= 0.3 is 0 Å². The minimum atomic E-state index is -0.172. The second-order valence-electron chi connectivity index (χ2n) is 6.01. The maximum Gasteiger partial charge on any atom is 0.237 e. The lowest BCUT2D eigenvalue weighted by Crippen LogP contribution is -2.24. The Morgan fingerprint density at radius 2 is 1.59 bits per heavy atom. The molecule has 0 aliphatic rings. The third-order valence-corrected chi connectivity index (χ3v) is 5.30. The van der Waals surface area contributed by atoms with E-state index in [1.54, 1.807) is 0 Å². The van der Waals surface area contributed by atoms with E-state index >= 15 is 0 Å². The number of rotatable bonds is 7. The highest BCUT2D eigenvalue weighted by atomic mass is 32.2. The highest BCUT2D eigenvalue weighted by molar-refractivity contribution is 8.00. The summed E-state index contributed by atoms with van der Waals surface area (Å²) in [6.07, 6.45) is 0.732. The monoisotopic (exact) mass is 378 g/mol. The molecule has 3 aromatic carbocycles. The number of thioether (sulfide) groups is 1. The number of benzene rings is 3. The lowest BCUT2D eigenvalue weighted by molar-refractivity contribution is -0.115. The van der Waals surface area contributed by atoms with Gasteiger partial charge in [-0.3, -0.25) is 4.79 Å². The second kappa shape index (κ2) is 9.14. The summed E-state index contributed by atoms with van der Waals surface area (Å²) in [4.78, 5) is 13.6. The molecule has 3 aromatic rings. The van der Waals surface area contributed by atoms with Crippen molar-refractivity contribution in [3.05, 3.63) is 78.9 Å². The summed E-state index contributed by atoms with van der Waals surface area (Å²) in [7, 11) is 0. The van der Waals surface area contributed by atoms with Crippen LogP contribution >= 0.6 is 11.8 Å². The molecule has 5 heteroatoms. The van der Waals surface area contributed by atoms with Crippen LogP contribution in [0.3, 0.4) is 0 Å². The molecule has 1 amide bonds. The van der Waals surface area contributed by atoms with Gasteiger partial charge in [0, 0.05) is 16.3 Å². The van der Waals surface area contributed by atoms with Crippen LogP contribution in [0.5, 0.6) is 11.5 Å². The van der Waals surface area contributed by atoms with E-state index in [9.17, 15) is 4.79 Å². The van der Waals surface area contributed by atoms with Gasteiger partial charge < -0.3 is 15.8 Å². The standard InChI is InChI=1S/C22H22N2O2S/c1-2-21(27-20-14-8-16(23)9-15-20)22(25)24-17-10-12-19(13-11-17)26-18-6-4-3-5-7-18/h3-15,21H,2,23H2,1H3,(H,24,25). The zero-order chi connectivity index (χ0) is 19.1. The molecule has 0 aliphatic carbocycles.